The molecule has 138 valence electrons. The number of carbonyl (C=O) groups is 2. The maximum atomic E-state index is 12.4. The highest BCUT2D eigenvalue weighted by Crippen LogP contribution is 2.19. The van der Waals surface area contributed by atoms with Gasteiger partial charge >= 0.3 is 6.61 Å². The largest absolute Gasteiger partial charge is 0.434 e. The fourth-order valence-electron chi connectivity index (χ4n) is 2.36. The highest BCUT2D eigenvalue weighted by Gasteiger charge is 2.11. The molecule has 0 aromatic heterocycles. The summed E-state index contributed by atoms with van der Waals surface area (Å²) in [5.41, 5.74) is 1.86. The number of para-hydroxylation sites is 1. The summed E-state index contributed by atoms with van der Waals surface area (Å²) in [5.74, 6) is -0.524. The molecule has 0 saturated heterocycles. The van der Waals surface area contributed by atoms with Gasteiger partial charge in [-0.05, 0) is 24.6 Å². The fraction of sp³-hybridized carbons (Fsp3) is 0.263. The molecule has 0 aliphatic heterocycles. The van der Waals surface area contributed by atoms with Crippen LogP contribution in [0.1, 0.15) is 27.9 Å². The molecule has 26 heavy (non-hydrogen) atoms. The summed E-state index contributed by atoms with van der Waals surface area (Å²) in [5, 5.41) is 5.31. The van der Waals surface area contributed by atoms with Gasteiger partial charge in [0.15, 0.2) is 0 Å². The van der Waals surface area contributed by atoms with E-state index in [0.717, 1.165) is 5.56 Å². The first-order valence-electron chi connectivity index (χ1n) is 8.10. The molecule has 0 heterocycles. The van der Waals surface area contributed by atoms with Crippen LogP contribution in [0.2, 0.25) is 0 Å². The fourth-order valence-corrected chi connectivity index (χ4v) is 2.36. The van der Waals surface area contributed by atoms with Crippen molar-refractivity contribution < 1.29 is 23.1 Å². The van der Waals surface area contributed by atoms with Gasteiger partial charge in [-0.2, -0.15) is 8.78 Å². The zero-order valence-corrected chi connectivity index (χ0v) is 14.3. The summed E-state index contributed by atoms with van der Waals surface area (Å²) < 4.78 is 29.1. The third-order valence-corrected chi connectivity index (χ3v) is 3.69. The highest BCUT2D eigenvalue weighted by atomic mass is 19.3. The lowest BCUT2D eigenvalue weighted by Gasteiger charge is -2.11. The van der Waals surface area contributed by atoms with Gasteiger partial charge in [0.25, 0.3) is 5.91 Å². The third-order valence-electron chi connectivity index (χ3n) is 3.69. The minimum absolute atomic E-state index is 0.0238. The molecule has 2 aromatic carbocycles. The second-order valence-electron chi connectivity index (χ2n) is 5.58. The first-order valence-corrected chi connectivity index (χ1v) is 8.10. The van der Waals surface area contributed by atoms with Gasteiger partial charge in [0.1, 0.15) is 5.75 Å². The third kappa shape index (κ3) is 5.84. The van der Waals surface area contributed by atoms with E-state index in [0.29, 0.717) is 11.1 Å². The number of aryl methyl sites for hydroxylation is 1. The first-order chi connectivity index (χ1) is 12.5. The molecule has 0 saturated carbocycles. The molecule has 2 aromatic rings. The average Bonchev–Trinajstić information content (AvgIpc) is 2.61. The van der Waals surface area contributed by atoms with Crippen LogP contribution in [0.3, 0.4) is 0 Å². The molecule has 0 unspecified atom stereocenters. The van der Waals surface area contributed by atoms with Crippen molar-refractivity contribution in [2.75, 3.05) is 6.54 Å². The molecule has 2 N–H and O–H groups in total. The quantitative estimate of drug-likeness (QED) is 0.759. The lowest BCUT2D eigenvalue weighted by molar-refractivity contribution is -0.121. The Morgan fingerprint density at radius 1 is 1.04 bits per heavy atom. The summed E-state index contributed by atoms with van der Waals surface area (Å²) >= 11 is 0. The Hall–Kier alpha value is -2.96. The number of ether oxygens (including phenoxy) is 1. The molecule has 0 fully saturated rings. The number of alkyl halides is 2. The van der Waals surface area contributed by atoms with Crippen molar-refractivity contribution in [3.05, 3.63) is 65.2 Å². The topological polar surface area (TPSA) is 67.4 Å². The molecule has 2 amide bonds. The molecular weight excluding hydrogens is 342 g/mol. The Morgan fingerprint density at radius 3 is 2.46 bits per heavy atom. The van der Waals surface area contributed by atoms with Crippen LogP contribution in [-0.2, 0) is 11.3 Å². The summed E-state index contributed by atoms with van der Waals surface area (Å²) in [6, 6.07) is 13.4. The van der Waals surface area contributed by atoms with Crippen molar-refractivity contribution in [2.24, 2.45) is 0 Å². The Kier molecular flexibility index (Phi) is 7.08. The maximum absolute atomic E-state index is 12.4. The number of hydrogen-bond acceptors (Lipinski definition) is 3. The number of rotatable bonds is 8. The van der Waals surface area contributed by atoms with E-state index in [1.165, 1.54) is 6.07 Å². The van der Waals surface area contributed by atoms with Crippen molar-refractivity contribution in [1.82, 2.24) is 10.6 Å². The Labute approximate surface area is 150 Å². The van der Waals surface area contributed by atoms with E-state index >= 15 is 0 Å². The lowest BCUT2D eigenvalue weighted by atomic mass is 10.1. The lowest BCUT2D eigenvalue weighted by Crippen LogP contribution is -2.30. The van der Waals surface area contributed by atoms with Gasteiger partial charge in [-0.1, -0.05) is 36.4 Å². The van der Waals surface area contributed by atoms with Crippen molar-refractivity contribution in [1.29, 1.82) is 0 Å². The number of benzene rings is 2. The Bertz CT molecular complexity index is 766. The van der Waals surface area contributed by atoms with Crippen LogP contribution in [0.25, 0.3) is 0 Å². The molecule has 0 spiro atoms. The molecule has 7 heteroatoms. The van der Waals surface area contributed by atoms with E-state index < -0.39 is 6.61 Å². The predicted octanol–water partition coefficient (Wildman–Crippen LogP) is 3.03. The van der Waals surface area contributed by atoms with Gasteiger partial charge in [0.05, 0.1) is 0 Å². The zero-order valence-electron chi connectivity index (χ0n) is 14.3. The second-order valence-corrected chi connectivity index (χ2v) is 5.58. The van der Waals surface area contributed by atoms with Gasteiger partial charge in [-0.25, -0.2) is 0 Å². The van der Waals surface area contributed by atoms with Crippen LogP contribution in [-0.4, -0.2) is 25.0 Å². The standard InChI is InChI=1S/C19H20F2N2O3/c1-13-6-2-4-8-15(13)18(25)22-11-10-17(24)23-12-14-7-3-5-9-16(14)26-19(20)21/h2-9,19H,10-12H2,1H3,(H,22,25)(H,23,24). The van der Waals surface area contributed by atoms with E-state index in [9.17, 15) is 18.4 Å². The number of carbonyl (C=O) groups excluding carboxylic acids is 2. The molecule has 2 rings (SSSR count). The molecule has 0 bridgehead atoms. The van der Waals surface area contributed by atoms with Crippen LogP contribution >= 0.6 is 0 Å². The predicted molar refractivity (Wildman–Crippen MR) is 93.0 cm³/mol. The normalized spacial score (nSPS) is 10.5. The zero-order chi connectivity index (χ0) is 18.9. The number of amides is 2. The molecule has 5 nitrogen and oxygen atoms in total. The van der Waals surface area contributed by atoms with Gasteiger partial charge in [0.2, 0.25) is 5.91 Å². The monoisotopic (exact) mass is 362 g/mol. The second kappa shape index (κ2) is 9.50. The molecule has 0 radical (unpaired) electrons. The van der Waals surface area contributed by atoms with Gasteiger partial charge < -0.3 is 15.4 Å². The van der Waals surface area contributed by atoms with Crippen LogP contribution in [0, 0.1) is 6.92 Å². The number of hydrogen-bond donors (Lipinski definition) is 2. The van der Waals surface area contributed by atoms with Gasteiger partial charge in [-0.3, -0.25) is 9.59 Å². The van der Waals surface area contributed by atoms with Gasteiger partial charge in [0, 0.05) is 30.6 Å². The van der Waals surface area contributed by atoms with Crippen molar-refractivity contribution in [3.8, 4) is 5.75 Å². The van der Waals surface area contributed by atoms with E-state index in [2.05, 4.69) is 15.4 Å². The Morgan fingerprint density at radius 2 is 1.73 bits per heavy atom. The van der Waals surface area contributed by atoms with Gasteiger partial charge in [-0.15, -0.1) is 0 Å². The van der Waals surface area contributed by atoms with Crippen LogP contribution in [0.5, 0.6) is 5.75 Å². The first kappa shape index (κ1) is 19.4. The smallest absolute Gasteiger partial charge is 0.387 e. The van der Waals surface area contributed by atoms with E-state index in [1.54, 1.807) is 30.3 Å². The minimum Gasteiger partial charge on any atom is -0.434 e. The van der Waals surface area contributed by atoms with E-state index in [-0.39, 0.29) is 37.1 Å². The summed E-state index contributed by atoms with van der Waals surface area (Å²) in [7, 11) is 0. The van der Waals surface area contributed by atoms with Crippen LogP contribution in [0.4, 0.5) is 8.78 Å². The summed E-state index contributed by atoms with van der Waals surface area (Å²) in [6.07, 6.45) is 0.0789. The summed E-state index contributed by atoms with van der Waals surface area (Å²) in [6.45, 7) is -0.856. The van der Waals surface area contributed by atoms with Crippen LogP contribution < -0.4 is 15.4 Å². The van der Waals surface area contributed by atoms with E-state index in [1.807, 2.05) is 19.1 Å². The molecule has 0 atom stereocenters. The number of nitrogens with one attached hydrogen (secondary N) is 2. The van der Waals surface area contributed by atoms with Crippen molar-refractivity contribution in [2.45, 2.75) is 26.5 Å². The van der Waals surface area contributed by atoms with Crippen molar-refractivity contribution in [3.63, 3.8) is 0 Å². The molecule has 0 aliphatic rings. The average molecular weight is 362 g/mol. The Balaban J connectivity index is 1.78. The SMILES string of the molecule is Cc1ccccc1C(=O)NCCC(=O)NCc1ccccc1OC(F)F. The van der Waals surface area contributed by atoms with Crippen molar-refractivity contribution >= 4 is 11.8 Å². The maximum Gasteiger partial charge on any atom is 0.387 e. The molecular formula is C19H20F2N2O3. The number of halogens is 2. The highest BCUT2D eigenvalue weighted by molar-refractivity contribution is 5.95. The van der Waals surface area contributed by atoms with Crippen LogP contribution in [0.15, 0.2) is 48.5 Å². The summed E-state index contributed by atoms with van der Waals surface area (Å²) in [4.78, 5) is 23.9. The van der Waals surface area contributed by atoms with E-state index in [4.69, 9.17) is 0 Å². The molecule has 0 aliphatic carbocycles. The minimum atomic E-state index is -2.93.